The number of nitrogens with zero attached hydrogens (tertiary/aromatic N) is 2. The van der Waals surface area contributed by atoms with E-state index >= 15 is 0 Å². The Labute approximate surface area is 138 Å². The predicted octanol–water partition coefficient (Wildman–Crippen LogP) is 1.93. The lowest BCUT2D eigenvalue weighted by Gasteiger charge is -2.33. The zero-order valence-electron chi connectivity index (χ0n) is 13.9. The molecule has 2 aliphatic rings. The number of aliphatic hydroxyl groups excluding tert-OH is 1. The number of piperidine rings is 2. The molecule has 0 aliphatic carbocycles. The molecule has 0 saturated carbocycles. The normalized spacial score (nSPS) is 23.7. The topological polar surface area (TPSA) is 55.8 Å². The van der Waals surface area contributed by atoms with Gasteiger partial charge in [0.2, 0.25) is 5.91 Å². The number of para-hydroxylation sites is 2. The highest BCUT2D eigenvalue weighted by Gasteiger charge is 2.25. The Morgan fingerprint density at radius 3 is 2.65 bits per heavy atom. The Balaban J connectivity index is 1.69. The van der Waals surface area contributed by atoms with Crippen LogP contribution in [0, 0.1) is 5.92 Å². The molecular weight excluding hydrogens is 290 g/mol. The summed E-state index contributed by atoms with van der Waals surface area (Å²) in [4.78, 5) is 17.1. The fraction of sp³-hybridized carbons (Fsp3) is 0.611. The lowest BCUT2D eigenvalue weighted by molar-refractivity contribution is -0.121. The molecule has 5 heteroatoms. The number of rotatable bonds is 3. The van der Waals surface area contributed by atoms with Gasteiger partial charge in [-0.05, 0) is 51.4 Å². The van der Waals surface area contributed by atoms with Gasteiger partial charge in [0.1, 0.15) is 0 Å². The maximum Gasteiger partial charge on any atom is 0.228 e. The molecule has 2 saturated heterocycles. The van der Waals surface area contributed by atoms with Crippen LogP contribution in [-0.2, 0) is 4.79 Å². The number of anilines is 2. The second kappa shape index (κ2) is 7.32. The third-order valence-electron chi connectivity index (χ3n) is 4.96. The average molecular weight is 317 g/mol. The van der Waals surface area contributed by atoms with Crippen LogP contribution in [0.25, 0.3) is 0 Å². The number of aliphatic hydroxyl groups is 1. The summed E-state index contributed by atoms with van der Waals surface area (Å²) < 4.78 is 0. The Kier molecular flexibility index (Phi) is 5.18. The molecule has 2 heterocycles. The van der Waals surface area contributed by atoms with E-state index < -0.39 is 0 Å². The van der Waals surface area contributed by atoms with Crippen LogP contribution in [0.3, 0.4) is 0 Å². The van der Waals surface area contributed by atoms with E-state index in [2.05, 4.69) is 28.2 Å². The van der Waals surface area contributed by atoms with Crippen molar-refractivity contribution in [3.8, 4) is 0 Å². The molecule has 2 fully saturated rings. The van der Waals surface area contributed by atoms with Gasteiger partial charge in [0, 0.05) is 19.6 Å². The van der Waals surface area contributed by atoms with Crippen LogP contribution < -0.4 is 10.2 Å². The van der Waals surface area contributed by atoms with E-state index in [4.69, 9.17) is 0 Å². The monoisotopic (exact) mass is 317 g/mol. The van der Waals surface area contributed by atoms with Crippen molar-refractivity contribution in [3.05, 3.63) is 24.3 Å². The second-order valence-corrected chi connectivity index (χ2v) is 6.83. The van der Waals surface area contributed by atoms with Crippen molar-refractivity contribution in [3.63, 3.8) is 0 Å². The van der Waals surface area contributed by atoms with E-state index in [9.17, 15) is 9.90 Å². The van der Waals surface area contributed by atoms with Gasteiger partial charge in [-0.2, -0.15) is 0 Å². The molecule has 1 amide bonds. The standard InChI is InChI=1S/C18H27N3O2/c1-20-10-4-5-14(13-20)18(23)19-16-6-2-3-7-17(16)21-11-8-15(22)9-12-21/h2-3,6-7,14-15,22H,4-5,8-13H2,1H3,(H,19,23). The van der Waals surface area contributed by atoms with Gasteiger partial charge in [-0.15, -0.1) is 0 Å². The van der Waals surface area contributed by atoms with Gasteiger partial charge in [0.15, 0.2) is 0 Å². The highest BCUT2D eigenvalue weighted by molar-refractivity contribution is 5.96. The van der Waals surface area contributed by atoms with Gasteiger partial charge in [0.05, 0.1) is 23.4 Å². The summed E-state index contributed by atoms with van der Waals surface area (Å²) in [5.41, 5.74) is 1.96. The summed E-state index contributed by atoms with van der Waals surface area (Å²) in [5.74, 6) is 0.200. The Bertz CT molecular complexity index is 541. The SMILES string of the molecule is CN1CCCC(C(=O)Nc2ccccc2N2CCC(O)CC2)C1. The Morgan fingerprint density at radius 1 is 1.17 bits per heavy atom. The number of amides is 1. The lowest BCUT2D eigenvalue weighted by atomic mass is 9.97. The van der Waals surface area contributed by atoms with Gasteiger partial charge in [-0.1, -0.05) is 12.1 Å². The summed E-state index contributed by atoms with van der Waals surface area (Å²) in [7, 11) is 2.08. The van der Waals surface area contributed by atoms with E-state index in [-0.39, 0.29) is 17.9 Å². The molecule has 0 radical (unpaired) electrons. The van der Waals surface area contributed by atoms with Crippen LogP contribution in [0.5, 0.6) is 0 Å². The number of nitrogens with one attached hydrogen (secondary N) is 1. The molecule has 2 aliphatic heterocycles. The van der Waals surface area contributed by atoms with E-state index in [0.29, 0.717) is 0 Å². The van der Waals surface area contributed by atoms with Crippen LogP contribution in [-0.4, -0.2) is 55.2 Å². The van der Waals surface area contributed by atoms with Gasteiger partial charge in [-0.25, -0.2) is 0 Å². The fourth-order valence-corrected chi connectivity index (χ4v) is 3.58. The minimum absolute atomic E-state index is 0.0741. The zero-order chi connectivity index (χ0) is 16.2. The van der Waals surface area contributed by atoms with Crippen molar-refractivity contribution in [2.75, 3.05) is 43.4 Å². The highest BCUT2D eigenvalue weighted by Crippen LogP contribution is 2.29. The molecule has 126 valence electrons. The summed E-state index contributed by atoms with van der Waals surface area (Å²) in [6.07, 6.45) is 3.44. The van der Waals surface area contributed by atoms with Crippen molar-refractivity contribution >= 4 is 17.3 Å². The maximum absolute atomic E-state index is 12.6. The number of hydrogen-bond donors (Lipinski definition) is 2. The first-order valence-corrected chi connectivity index (χ1v) is 8.65. The van der Waals surface area contributed by atoms with Crippen molar-refractivity contribution in [2.24, 2.45) is 5.92 Å². The van der Waals surface area contributed by atoms with E-state index in [1.54, 1.807) is 0 Å². The average Bonchev–Trinajstić information content (AvgIpc) is 2.56. The minimum atomic E-state index is -0.189. The molecule has 23 heavy (non-hydrogen) atoms. The lowest BCUT2D eigenvalue weighted by Crippen LogP contribution is -2.39. The molecule has 1 unspecified atom stereocenters. The predicted molar refractivity (Wildman–Crippen MR) is 92.7 cm³/mol. The molecule has 1 aromatic carbocycles. The summed E-state index contributed by atoms with van der Waals surface area (Å²) in [5, 5.41) is 12.8. The molecule has 0 spiro atoms. The number of carbonyl (C=O) groups excluding carboxylic acids is 1. The van der Waals surface area contributed by atoms with Crippen molar-refractivity contribution < 1.29 is 9.90 Å². The first kappa shape index (κ1) is 16.3. The van der Waals surface area contributed by atoms with Crippen LogP contribution in [0.1, 0.15) is 25.7 Å². The number of likely N-dealkylation sites (tertiary alicyclic amines) is 1. The third-order valence-corrected chi connectivity index (χ3v) is 4.96. The van der Waals surface area contributed by atoms with E-state index in [0.717, 1.165) is 63.2 Å². The maximum atomic E-state index is 12.6. The van der Waals surface area contributed by atoms with Gasteiger partial charge >= 0.3 is 0 Å². The van der Waals surface area contributed by atoms with E-state index in [1.165, 1.54) is 0 Å². The Morgan fingerprint density at radius 2 is 1.91 bits per heavy atom. The minimum Gasteiger partial charge on any atom is -0.393 e. The molecule has 2 N–H and O–H groups in total. The molecular formula is C18H27N3O2. The zero-order valence-corrected chi connectivity index (χ0v) is 13.9. The van der Waals surface area contributed by atoms with Crippen molar-refractivity contribution in [2.45, 2.75) is 31.8 Å². The van der Waals surface area contributed by atoms with Crippen LogP contribution in [0.15, 0.2) is 24.3 Å². The Hall–Kier alpha value is -1.59. The summed E-state index contributed by atoms with van der Waals surface area (Å²) in [6, 6.07) is 8.00. The van der Waals surface area contributed by atoms with Crippen LogP contribution in [0.4, 0.5) is 11.4 Å². The molecule has 3 rings (SSSR count). The smallest absolute Gasteiger partial charge is 0.228 e. The quantitative estimate of drug-likeness (QED) is 0.894. The van der Waals surface area contributed by atoms with Crippen molar-refractivity contribution in [1.29, 1.82) is 0 Å². The number of carbonyl (C=O) groups is 1. The van der Waals surface area contributed by atoms with Crippen molar-refractivity contribution in [1.82, 2.24) is 4.90 Å². The highest BCUT2D eigenvalue weighted by atomic mass is 16.3. The van der Waals surface area contributed by atoms with Crippen LogP contribution in [0.2, 0.25) is 0 Å². The molecule has 5 nitrogen and oxygen atoms in total. The molecule has 0 aromatic heterocycles. The van der Waals surface area contributed by atoms with Gasteiger partial charge in [0.25, 0.3) is 0 Å². The molecule has 0 bridgehead atoms. The first-order chi connectivity index (χ1) is 11.1. The fourth-order valence-electron chi connectivity index (χ4n) is 3.58. The van der Waals surface area contributed by atoms with Crippen LogP contribution >= 0.6 is 0 Å². The first-order valence-electron chi connectivity index (χ1n) is 8.65. The molecule has 1 atom stereocenters. The summed E-state index contributed by atoms with van der Waals surface area (Å²) >= 11 is 0. The van der Waals surface area contributed by atoms with E-state index in [1.807, 2.05) is 18.2 Å². The van der Waals surface area contributed by atoms with Gasteiger partial charge in [-0.3, -0.25) is 4.79 Å². The third kappa shape index (κ3) is 4.03. The molecule has 1 aromatic rings. The van der Waals surface area contributed by atoms with Gasteiger partial charge < -0.3 is 20.2 Å². The second-order valence-electron chi connectivity index (χ2n) is 6.83. The number of benzene rings is 1. The largest absolute Gasteiger partial charge is 0.393 e. The number of hydrogen-bond acceptors (Lipinski definition) is 4. The summed E-state index contributed by atoms with van der Waals surface area (Å²) in [6.45, 7) is 3.58.